The molecule has 0 saturated heterocycles. The molecule has 0 saturated carbocycles. The van der Waals surface area contributed by atoms with Crippen molar-refractivity contribution in [2.45, 2.75) is 38.5 Å². The number of rotatable bonds is 7. The molecule has 2 N–H and O–H groups in total. The first-order chi connectivity index (χ1) is 10.7. The van der Waals surface area contributed by atoms with Gasteiger partial charge < -0.3 is 5.73 Å². The maximum Gasteiger partial charge on any atom is 0.232 e. The van der Waals surface area contributed by atoms with Gasteiger partial charge in [0.1, 0.15) is 5.41 Å². The van der Waals surface area contributed by atoms with Crippen LogP contribution in [0.3, 0.4) is 0 Å². The van der Waals surface area contributed by atoms with Crippen molar-refractivity contribution in [3.63, 3.8) is 0 Å². The van der Waals surface area contributed by atoms with Crippen LogP contribution in [0, 0.1) is 5.92 Å². The summed E-state index contributed by atoms with van der Waals surface area (Å²) < 4.78 is 0. The minimum Gasteiger partial charge on any atom is -0.369 e. The van der Waals surface area contributed by atoms with Gasteiger partial charge in [0.2, 0.25) is 5.91 Å². The second-order valence-electron chi connectivity index (χ2n) is 5.80. The zero-order valence-corrected chi connectivity index (χ0v) is 13.5. The number of benzene rings is 2. The van der Waals surface area contributed by atoms with Crippen LogP contribution in [0.1, 0.15) is 44.2 Å². The highest BCUT2D eigenvalue weighted by Gasteiger charge is 2.45. The fourth-order valence-electron chi connectivity index (χ4n) is 3.60. The van der Waals surface area contributed by atoms with E-state index >= 15 is 0 Å². The zero-order valence-electron chi connectivity index (χ0n) is 13.5. The number of hydrogen-bond acceptors (Lipinski definition) is 1. The molecule has 1 atom stereocenters. The number of nitrogens with two attached hydrogens (primary N) is 1. The van der Waals surface area contributed by atoms with Crippen LogP contribution in [0.4, 0.5) is 0 Å². The van der Waals surface area contributed by atoms with E-state index in [-0.39, 0.29) is 11.8 Å². The zero-order chi connectivity index (χ0) is 16.0. The lowest BCUT2D eigenvalue weighted by Gasteiger charge is -2.39. The van der Waals surface area contributed by atoms with E-state index in [0.29, 0.717) is 0 Å². The highest BCUT2D eigenvalue weighted by atomic mass is 16.1. The van der Waals surface area contributed by atoms with Gasteiger partial charge in [0.05, 0.1) is 0 Å². The average molecular weight is 295 g/mol. The van der Waals surface area contributed by atoms with E-state index in [4.69, 9.17) is 5.73 Å². The lowest BCUT2D eigenvalue weighted by atomic mass is 9.63. The van der Waals surface area contributed by atoms with Crippen LogP contribution >= 0.6 is 0 Å². The Balaban J connectivity index is 2.73. The lowest BCUT2D eigenvalue weighted by molar-refractivity contribution is -0.124. The van der Waals surface area contributed by atoms with Gasteiger partial charge in [-0.1, -0.05) is 87.4 Å². The van der Waals surface area contributed by atoms with E-state index in [1.165, 1.54) is 0 Å². The predicted molar refractivity (Wildman–Crippen MR) is 91.5 cm³/mol. The highest BCUT2D eigenvalue weighted by molar-refractivity contribution is 5.91. The normalized spacial score (nSPS) is 12.8. The summed E-state index contributed by atoms with van der Waals surface area (Å²) in [5.74, 6) is -0.0648. The molecule has 22 heavy (non-hydrogen) atoms. The lowest BCUT2D eigenvalue weighted by Crippen LogP contribution is -2.48. The standard InChI is InChI=1S/C20H25NO/c1-3-11-16(4-2)20(19(21)22,17-12-7-5-8-13-17)18-14-9-6-10-15-18/h5-10,12-16H,3-4,11H2,1-2H3,(H2,21,22). The first-order valence-electron chi connectivity index (χ1n) is 8.08. The second-order valence-corrected chi connectivity index (χ2v) is 5.80. The molecule has 0 radical (unpaired) electrons. The number of hydrogen-bond donors (Lipinski definition) is 1. The quantitative estimate of drug-likeness (QED) is 0.813. The van der Waals surface area contributed by atoms with E-state index in [1.54, 1.807) is 0 Å². The topological polar surface area (TPSA) is 43.1 Å². The Hall–Kier alpha value is -2.09. The van der Waals surface area contributed by atoms with Gasteiger partial charge in [0.25, 0.3) is 0 Å². The van der Waals surface area contributed by atoms with Crippen LogP contribution in [0.25, 0.3) is 0 Å². The molecule has 2 rings (SSSR count). The van der Waals surface area contributed by atoms with Gasteiger partial charge in [-0.05, 0) is 23.5 Å². The number of primary amides is 1. The van der Waals surface area contributed by atoms with Crippen molar-refractivity contribution < 1.29 is 4.79 Å². The van der Waals surface area contributed by atoms with Crippen molar-refractivity contribution in [3.8, 4) is 0 Å². The molecule has 0 aliphatic rings. The van der Waals surface area contributed by atoms with E-state index in [9.17, 15) is 4.79 Å². The molecule has 0 spiro atoms. The Morgan fingerprint density at radius 3 is 1.73 bits per heavy atom. The summed E-state index contributed by atoms with van der Waals surface area (Å²) >= 11 is 0. The first kappa shape index (κ1) is 16.3. The minimum absolute atomic E-state index is 0.194. The van der Waals surface area contributed by atoms with Gasteiger partial charge in [-0.25, -0.2) is 0 Å². The second kappa shape index (κ2) is 7.26. The number of carbonyl (C=O) groups is 1. The van der Waals surface area contributed by atoms with E-state index in [2.05, 4.69) is 13.8 Å². The third-order valence-corrected chi connectivity index (χ3v) is 4.59. The van der Waals surface area contributed by atoms with Crippen molar-refractivity contribution in [1.29, 1.82) is 0 Å². The Morgan fingerprint density at radius 1 is 0.955 bits per heavy atom. The summed E-state index contributed by atoms with van der Waals surface area (Å²) in [5, 5.41) is 0. The van der Waals surface area contributed by atoms with Gasteiger partial charge in [0, 0.05) is 0 Å². The summed E-state index contributed by atoms with van der Waals surface area (Å²) in [5.41, 5.74) is 7.24. The van der Waals surface area contributed by atoms with Crippen molar-refractivity contribution >= 4 is 5.91 Å². The van der Waals surface area contributed by atoms with E-state index < -0.39 is 5.41 Å². The van der Waals surface area contributed by atoms with Crippen LogP contribution in [0.15, 0.2) is 60.7 Å². The van der Waals surface area contributed by atoms with Crippen molar-refractivity contribution in [2.24, 2.45) is 11.7 Å². The maximum absolute atomic E-state index is 12.7. The molecule has 0 aliphatic heterocycles. The largest absolute Gasteiger partial charge is 0.369 e. The SMILES string of the molecule is CCCC(CC)C(C(N)=O)(c1ccccc1)c1ccccc1. The third-order valence-electron chi connectivity index (χ3n) is 4.59. The first-order valence-corrected chi connectivity index (χ1v) is 8.08. The van der Waals surface area contributed by atoms with Crippen molar-refractivity contribution in [3.05, 3.63) is 71.8 Å². The fourth-order valence-corrected chi connectivity index (χ4v) is 3.60. The summed E-state index contributed by atoms with van der Waals surface area (Å²) in [6.07, 6.45) is 2.93. The predicted octanol–water partition coefficient (Wildman–Crippen LogP) is 4.28. The fraction of sp³-hybridized carbons (Fsp3) is 0.350. The van der Waals surface area contributed by atoms with Gasteiger partial charge in [-0.15, -0.1) is 0 Å². The van der Waals surface area contributed by atoms with Crippen LogP contribution < -0.4 is 5.73 Å². The highest BCUT2D eigenvalue weighted by Crippen LogP contribution is 2.43. The molecule has 2 nitrogen and oxygen atoms in total. The van der Waals surface area contributed by atoms with Crippen LogP contribution in [-0.2, 0) is 10.2 Å². The summed E-state index contributed by atoms with van der Waals surface area (Å²) in [6, 6.07) is 20.0. The molecule has 1 unspecified atom stereocenters. The summed E-state index contributed by atoms with van der Waals surface area (Å²) in [6.45, 7) is 4.30. The maximum atomic E-state index is 12.7. The van der Waals surface area contributed by atoms with Crippen LogP contribution in [0.2, 0.25) is 0 Å². The van der Waals surface area contributed by atoms with Gasteiger partial charge in [-0.3, -0.25) is 4.79 Å². The van der Waals surface area contributed by atoms with Gasteiger partial charge in [0.15, 0.2) is 0 Å². The van der Waals surface area contributed by atoms with Gasteiger partial charge in [-0.2, -0.15) is 0 Å². The van der Waals surface area contributed by atoms with E-state index in [1.807, 2.05) is 60.7 Å². The Labute approximate surface area is 133 Å². The number of carbonyl (C=O) groups excluding carboxylic acids is 1. The molecule has 1 amide bonds. The summed E-state index contributed by atoms with van der Waals surface area (Å²) in [4.78, 5) is 12.7. The molecule has 0 aromatic heterocycles. The van der Waals surface area contributed by atoms with E-state index in [0.717, 1.165) is 30.4 Å². The molecule has 0 fully saturated rings. The Kier molecular flexibility index (Phi) is 5.37. The monoisotopic (exact) mass is 295 g/mol. The molecule has 2 heteroatoms. The molecule has 116 valence electrons. The van der Waals surface area contributed by atoms with Crippen molar-refractivity contribution in [1.82, 2.24) is 0 Å². The smallest absolute Gasteiger partial charge is 0.232 e. The minimum atomic E-state index is -0.757. The molecular formula is C20H25NO. The molecule has 0 aliphatic carbocycles. The average Bonchev–Trinajstić information content (AvgIpc) is 2.56. The van der Waals surface area contributed by atoms with Gasteiger partial charge >= 0.3 is 0 Å². The Bertz CT molecular complexity index is 552. The number of amides is 1. The molecule has 0 heterocycles. The molecule has 2 aromatic carbocycles. The molecule has 0 bridgehead atoms. The van der Waals surface area contributed by atoms with Crippen molar-refractivity contribution in [2.75, 3.05) is 0 Å². The van der Waals surface area contributed by atoms with Crippen LogP contribution in [0.5, 0.6) is 0 Å². The molecular weight excluding hydrogens is 270 g/mol. The third kappa shape index (κ3) is 2.78. The Morgan fingerprint density at radius 2 is 1.41 bits per heavy atom. The summed E-state index contributed by atoms with van der Waals surface area (Å²) in [7, 11) is 0. The van der Waals surface area contributed by atoms with Crippen LogP contribution in [-0.4, -0.2) is 5.91 Å². The molecule has 2 aromatic rings.